The molecule has 12 rings (SSSR count). The zero-order valence-electron chi connectivity index (χ0n) is 31.8. The molecule has 4 atom stereocenters. The molecule has 0 spiro atoms. The zero-order valence-corrected chi connectivity index (χ0v) is 35.0. The maximum Gasteiger partial charge on any atom is 0.382 e. The Morgan fingerprint density at radius 3 is 0.828 bits per heavy atom. The Bertz CT molecular complexity index is 2030. The van der Waals surface area contributed by atoms with Gasteiger partial charge in [0.25, 0.3) is 0 Å². The van der Waals surface area contributed by atoms with Crippen molar-refractivity contribution in [3.8, 4) is 0 Å². The number of hydrogen-bond acceptors (Lipinski definition) is 0. The number of hydrogen-bond donors (Lipinski definition) is 0. The second-order valence-corrected chi connectivity index (χ2v) is 21.3. The fraction of sp³-hybridized carbons (Fsp3) is 0.500. The summed E-state index contributed by atoms with van der Waals surface area (Å²) in [6, 6.07) is 24.8. The fourth-order valence-corrected chi connectivity index (χ4v) is 14.8. The minimum Gasteiger partial charge on any atom is -0.194 e. The molecule has 8 aliphatic carbocycles. The molecule has 8 bridgehead atoms. The molecule has 4 aromatic rings. The first-order valence-electron chi connectivity index (χ1n) is 20.6. The normalized spacial score (nSPS) is 34.2. The van der Waals surface area contributed by atoms with Gasteiger partial charge in [-0.3, -0.25) is 0 Å². The van der Waals surface area contributed by atoms with Crippen LogP contribution in [0.4, 0.5) is 35.1 Å². The molecule has 8 aliphatic rings. The summed E-state index contributed by atoms with van der Waals surface area (Å²) >= 11 is 7.01. The Labute approximate surface area is 350 Å². The van der Waals surface area contributed by atoms with Crippen LogP contribution in [0, 0.1) is 23.7 Å². The largest absolute Gasteiger partial charge is 0.382 e. The van der Waals surface area contributed by atoms with E-state index in [0.29, 0.717) is 34.8 Å². The highest BCUT2D eigenvalue weighted by molar-refractivity contribution is 9.10. The summed E-state index contributed by atoms with van der Waals surface area (Å²) in [6.07, 6.45) is 11.0. The summed E-state index contributed by atoms with van der Waals surface area (Å²) in [5.74, 6) is -22.4. The summed E-state index contributed by atoms with van der Waals surface area (Å²) in [4.78, 5) is 0. The number of benzene rings is 4. The van der Waals surface area contributed by atoms with Crippen LogP contribution in [0.5, 0.6) is 0 Å². The maximum absolute atomic E-state index is 15.8. The Balaban J connectivity index is 0.903. The van der Waals surface area contributed by atoms with Crippen LogP contribution in [0.2, 0.25) is 0 Å². The number of alkyl halides is 8. The summed E-state index contributed by atoms with van der Waals surface area (Å²) < 4.78 is 128. The van der Waals surface area contributed by atoms with Crippen LogP contribution >= 0.6 is 31.9 Å². The molecular weight excluding hydrogens is 888 g/mol. The van der Waals surface area contributed by atoms with Crippen LogP contribution < -0.4 is 0 Å². The molecule has 8 saturated carbocycles. The average Bonchev–Trinajstić information content (AvgIpc) is 3.17. The summed E-state index contributed by atoms with van der Waals surface area (Å²) in [5.41, 5.74) is 0.0170. The standard InChI is InChI=1S/C48H44Br2F8/c49-39-13-9-35(10-14-39)43-23-29-17-30(24-43)20-41(19-29,27-43)33-1-5-37(6-2-33)45(51,52)47(55,56)48(57,58)46(53,54)38-7-3-34(4-8-38)42-21-31-18-32(22-42)26-44(25-31,28-42)36-11-15-40(50)16-12-36/h1-16,29-32H,17-28H2. The Morgan fingerprint density at radius 2 is 0.586 bits per heavy atom. The van der Waals surface area contributed by atoms with E-state index in [9.17, 15) is 0 Å². The predicted octanol–water partition coefficient (Wildman–Crippen LogP) is 14.9. The van der Waals surface area contributed by atoms with E-state index in [1.165, 1.54) is 35.4 Å². The highest BCUT2D eigenvalue weighted by atomic mass is 79.9. The van der Waals surface area contributed by atoms with Crippen molar-refractivity contribution in [2.24, 2.45) is 23.7 Å². The molecule has 0 aliphatic heterocycles. The van der Waals surface area contributed by atoms with E-state index in [1.807, 2.05) is 24.3 Å². The van der Waals surface area contributed by atoms with Crippen molar-refractivity contribution < 1.29 is 35.1 Å². The second kappa shape index (κ2) is 12.9. The van der Waals surface area contributed by atoms with Gasteiger partial charge in [0.05, 0.1) is 0 Å². The molecule has 4 aromatic carbocycles. The van der Waals surface area contributed by atoms with Crippen molar-refractivity contribution in [1.82, 2.24) is 0 Å². The average molecular weight is 933 g/mol. The Morgan fingerprint density at radius 1 is 0.362 bits per heavy atom. The van der Waals surface area contributed by atoms with E-state index in [4.69, 9.17) is 0 Å². The molecular formula is C48H44Br2F8. The van der Waals surface area contributed by atoms with Crippen LogP contribution in [-0.2, 0) is 33.5 Å². The predicted molar refractivity (Wildman–Crippen MR) is 215 cm³/mol. The quantitative estimate of drug-likeness (QED) is 0.147. The van der Waals surface area contributed by atoms with Crippen LogP contribution in [0.3, 0.4) is 0 Å². The Hall–Kier alpha value is -2.72. The third-order valence-corrected chi connectivity index (χ3v) is 17.0. The minimum atomic E-state index is -6.42. The van der Waals surface area contributed by atoms with Gasteiger partial charge >= 0.3 is 23.7 Å². The first-order chi connectivity index (χ1) is 27.3. The van der Waals surface area contributed by atoms with Crippen LogP contribution in [0.1, 0.15) is 110 Å². The molecule has 0 heterocycles. The molecule has 0 saturated heterocycles. The van der Waals surface area contributed by atoms with Gasteiger partial charge in [0.2, 0.25) is 0 Å². The first-order valence-corrected chi connectivity index (χ1v) is 22.2. The lowest BCUT2D eigenvalue weighted by Gasteiger charge is -2.63. The topological polar surface area (TPSA) is 0 Å². The van der Waals surface area contributed by atoms with Gasteiger partial charge in [0, 0.05) is 20.1 Å². The molecule has 306 valence electrons. The highest BCUT2D eigenvalue weighted by Gasteiger charge is 2.81. The van der Waals surface area contributed by atoms with E-state index >= 15 is 35.1 Å². The fourth-order valence-electron chi connectivity index (χ4n) is 14.3. The molecule has 4 unspecified atom stereocenters. The molecule has 0 nitrogen and oxygen atoms in total. The van der Waals surface area contributed by atoms with E-state index < -0.39 is 34.8 Å². The van der Waals surface area contributed by atoms with Gasteiger partial charge in [-0.2, -0.15) is 35.1 Å². The molecule has 0 aromatic heterocycles. The van der Waals surface area contributed by atoms with Gasteiger partial charge in [-0.1, -0.05) is 105 Å². The first kappa shape index (κ1) is 39.4. The zero-order chi connectivity index (χ0) is 40.7. The van der Waals surface area contributed by atoms with Gasteiger partial charge in [-0.25, -0.2) is 0 Å². The second-order valence-electron chi connectivity index (χ2n) is 19.5. The van der Waals surface area contributed by atoms with E-state index in [-0.39, 0.29) is 21.7 Å². The smallest absolute Gasteiger partial charge is 0.194 e. The Kier molecular flexibility index (Phi) is 8.77. The molecule has 8 fully saturated rings. The highest BCUT2D eigenvalue weighted by Crippen LogP contribution is 2.68. The SMILES string of the molecule is FC(F)(c1ccc(C23CC4CC(CC(c5ccc(Br)cc5)(C4)C2)C3)cc1)C(F)(F)C(F)(F)C(F)(F)c1ccc(C23CC4CC(CC(c5ccc(Br)cc5)(C4)C2)C3)cc1. The van der Waals surface area contributed by atoms with E-state index in [0.717, 1.165) is 110 Å². The third kappa shape index (κ3) is 5.67. The lowest BCUT2D eigenvalue weighted by molar-refractivity contribution is -0.374. The van der Waals surface area contributed by atoms with Crippen molar-refractivity contribution in [2.45, 2.75) is 122 Å². The number of halogens is 10. The van der Waals surface area contributed by atoms with Crippen molar-refractivity contribution in [1.29, 1.82) is 0 Å². The van der Waals surface area contributed by atoms with Crippen LogP contribution in [0.15, 0.2) is 106 Å². The molecule has 0 N–H and O–H groups in total. The molecule has 10 heteroatoms. The lowest BCUT2D eigenvalue weighted by atomic mass is 9.41. The summed E-state index contributed by atoms with van der Waals surface area (Å²) in [6.45, 7) is 0. The van der Waals surface area contributed by atoms with Crippen LogP contribution in [-0.4, -0.2) is 11.8 Å². The van der Waals surface area contributed by atoms with Crippen molar-refractivity contribution in [2.75, 3.05) is 0 Å². The minimum absolute atomic E-state index is 0.107. The molecule has 0 amide bonds. The molecule has 0 radical (unpaired) electrons. The number of rotatable bonds is 9. The van der Waals surface area contributed by atoms with Gasteiger partial charge < -0.3 is 0 Å². The maximum atomic E-state index is 15.8. The summed E-state index contributed by atoms with van der Waals surface area (Å²) in [7, 11) is 0. The van der Waals surface area contributed by atoms with Crippen molar-refractivity contribution in [3.63, 3.8) is 0 Å². The van der Waals surface area contributed by atoms with Crippen LogP contribution in [0.25, 0.3) is 0 Å². The molecule has 58 heavy (non-hydrogen) atoms. The lowest BCUT2D eigenvalue weighted by Crippen LogP contribution is -2.59. The van der Waals surface area contributed by atoms with Gasteiger partial charge in [0.1, 0.15) is 0 Å². The van der Waals surface area contributed by atoms with E-state index in [2.05, 4.69) is 56.1 Å². The van der Waals surface area contributed by atoms with Crippen molar-refractivity contribution >= 4 is 31.9 Å². The van der Waals surface area contributed by atoms with E-state index in [1.54, 1.807) is 0 Å². The third-order valence-electron chi connectivity index (χ3n) is 15.9. The van der Waals surface area contributed by atoms with Gasteiger partial charge in [-0.05, 0) is 169 Å². The van der Waals surface area contributed by atoms with Crippen molar-refractivity contribution in [3.05, 3.63) is 139 Å². The summed E-state index contributed by atoms with van der Waals surface area (Å²) in [5, 5.41) is 0. The monoisotopic (exact) mass is 930 g/mol. The van der Waals surface area contributed by atoms with Gasteiger partial charge in [-0.15, -0.1) is 0 Å². The van der Waals surface area contributed by atoms with Gasteiger partial charge in [0.15, 0.2) is 0 Å².